The molecular formula is C15H18BrN5O2. The molecule has 2 aromatic rings. The normalized spacial score (nSPS) is 10.3. The summed E-state index contributed by atoms with van der Waals surface area (Å²) in [4.78, 5) is 16.2. The zero-order valence-corrected chi connectivity index (χ0v) is 14.4. The summed E-state index contributed by atoms with van der Waals surface area (Å²) < 4.78 is 6.39. The van der Waals surface area contributed by atoms with E-state index >= 15 is 0 Å². The Morgan fingerprint density at radius 1 is 1.26 bits per heavy atom. The molecular weight excluding hydrogens is 362 g/mol. The van der Waals surface area contributed by atoms with Crippen LogP contribution in [0, 0.1) is 6.92 Å². The van der Waals surface area contributed by atoms with Crippen LogP contribution in [0.5, 0.6) is 5.88 Å². The molecule has 1 aromatic carbocycles. The fourth-order valence-corrected chi connectivity index (χ4v) is 2.32. The lowest BCUT2D eigenvalue weighted by Crippen LogP contribution is -2.49. The van der Waals surface area contributed by atoms with Crippen LogP contribution in [0.3, 0.4) is 0 Å². The number of aromatic nitrogens is 1. The summed E-state index contributed by atoms with van der Waals surface area (Å²) in [6.45, 7) is 2.14. The number of hydrazine groups is 2. The van der Waals surface area contributed by atoms with E-state index < -0.39 is 6.03 Å². The number of ether oxygens (including phenoxy) is 1. The number of carbonyl (C=O) groups is 1. The molecule has 1 heterocycles. The molecule has 0 aliphatic carbocycles. The summed E-state index contributed by atoms with van der Waals surface area (Å²) in [5.41, 5.74) is 2.26. The van der Waals surface area contributed by atoms with Gasteiger partial charge in [-0.25, -0.2) is 26.5 Å². The third-order valence-electron chi connectivity index (χ3n) is 3.21. The van der Waals surface area contributed by atoms with Gasteiger partial charge in [-0.15, -0.1) is 0 Å². The number of hydrogen-bond acceptors (Lipinski definition) is 5. The quantitative estimate of drug-likeness (QED) is 0.367. The average molecular weight is 380 g/mol. The van der Waals surface area contributed by atoms with Crippen LogP contribution in [0.25, 0.3) is 0 Å². The molecule has 4 N–H and O–H groups in total. The third kappa shape index (κ3) is 4.19. The predicted molar refractivity (Wildman–Crippen MR) is 91.5 cm³/mol. The summed E-state index contributed by atoms with van der Waals surface area (Å²) in [7, 11) is 1.43. The summed E-state index contributed by atoms with van der Waals surface area (Å²) >= 11 is 3.29. The molecule has 0 saturated heterocycles. The van der Waals surface area contributed by atoms with Crippen molar-refractivity contribution < 1.29 is 9.53 Å². The number of benzene rings is 1. The van der Waals surface area contributed by atoms with Crippen LogP contribution in [0.2, 0.25) is 0 Å². The Morgan fingerprint density at radius 3 is 2.61 bits per heavy atom. The van der Waals surface area contributed by atoms with Crippen LogP contribution in [0.4, 0.5) is 10.5 Å². The van der Waals surface area contributed by atoms with Crippen molar-refractivity contribution in [3.8, 4) is 5.88 Å². The van der Waals surface area contributed by atoms with Gasteiger partial charge < -0.3 is 4.74 Å². The lowest BCUT2D eigenvalue weighted by atomic mass is 10.1. The van der Waals surface area contributed by atoms with Crippen LogP contribution < -0.4 is 21.4 Å². The van der Waals surface area contributed by atoms with E-state index in [1.54, 1.807) is 12.1 Å². The number of nitrogens with two attached hydrogens (primary N) is 2. The number of amides is 2. The molecule has 0 aliphatic heterocycles. The van der Waals surface area contributed by atoms with Gasteiger partial charge in [-0.3, -0.25) is 5.01 Å². The molecule has 0 unspecified atom stereocenters. The van der Waals surface area contributed by atoms with Gasteiger partial charge in [0, 0.05) is 18.7 Å². The number of pyridine rings is 1. The molecule has 0 fully saturated rings. The van der Waals surface area contributed by atoms with E-state index in [1.807, 2.05) is 31.2 Å². The maximum absolute atomic E-state index is 12.0. The van der Waals surface area contributed by atoms with Crippen molar-refractivity contribution in [3.05, 3.63) is 52.1 Å². The van der Waals surface area contributed by atoms with E-state index in [4.69, 9.17) is 16.4 Å². The first-order valence-electron chi connectivity index (χ1n) is 6.81. The summed E-state index contributed by atoms with van der Waals surface area (Å²) in [6.07, 6.45) is 0. The first kappa shape index (κ1) is 17.2. The van der Waals surface area contributed by atoms with Gasteiger partial charge in [0.05, 0.1) is 5.69 Å². The number of rotatable bonds is 4. The highest BCUT2D eigenvalue weighted by atomic mass is 79.9. The number of anilines is 1. The van der Waals surface area contributed by atoms with Crippen molar-refractivity contribution >= 4 is 27.6 Å². The van der Waals surface area contributed by atoms with Crippen LogP contribution in [-0.4, -0.2) is 23.1 Å². The molecule has 7 nitrogen and oxygen atoms in total. The molecule has 0 atom stereocenters. The van der Waals surface area contributed by atoms with Crippen LogP contribution in [0.15, 0.2) is 41.0 Å². The number of halogens is 1. The van der Waals surface area contributed by atoms with Gasteiger partial charge >= 0.3 is 6.03 Å². The van der Waals surface area contributed by atoms with Crippen LogP contribution >= 0.6 is 15.9 Å². The fraction of sp³-hybridized carbons (Fsp3) is 0.200. The van der Waals surface area contributed by atoms with E-state index in [1.165, 1.54) is 7.05 Å². The largest absolute Gasteiger partial charge is 0.473 e. The molecule has 23 heavy (non-hydrogen) atoms. The fourth-order valence-electron chi connectivity index (χ4n) is 1.99. The zero-order valence-electron chi connectivity index (χ0n) is 12.9. The Hall–Kier alpha value is -2.16. The highest BCUT2D eigenvalue weighted by Crippen LogP contribution is 2.24. The minimum Gasteiger partial charge on any atom is -0.473 e. The first-order chi connectivity index (χ1) is 10.9. The monoisotopic (exact) mass is 379 g/mol. The smallest absolute Gasteiger partial charge is 0.352 e. The van der Waals surface area contributed by atoms with Crippen LogP contribution in [0.1, 0.15) is 11.1 Å². The van der Waals surface area contributed by atoms with Gasteiger partial charge in [0.2, 0.25) is 5.88 Å². The van der Waals surface area contributed by atoms with Gasteiger partial charge in [-0.05, 0) is 40.5 Å². The topological polar surface area (TPSA) is 97.7 Å². The lowest BCUT2D eigenvalue weighted by Gasteiger charge is -2.24. The molecule has 0 radical (unpaired) electrons. The van der Waals surface area contributed by atoms with E-state index in [9.17, 15) is 4.79 Å². The molecule has 2 amide bonds. The van der Waals surface area contributed by atoms with Gasteiger partial charge in [0.1, 0.15) is 11.2 Å². The molecule has 0 spiro atoms. The highest BCUT2D eigenvalue weighted by Gasteiger charge is 2.19. The zero-order chi connectivity index (χ0) is 17.0. The Labute approximate surface area is 142 Å². The third-order valence-corrected chi connectivity index (χ3v) is 3.65. The van der Waals surface area contributed by atoms with Crippen molar-refractivity contribution in [1.82, 2.24) is 9.99 Å². The van der Waals surface area contributed by atoms with Gasteiger partial charge in [-0.2, -0.15) is 0 Å². The van der Waals surface area contributed by atoms with Crippen molar-refractivity contribution in [2.24, 2.45) is 11.7 Å². The minimum absolute atomic E-state index is 0.223. The van der Waals surface area contributed by atoms with E-state index in [-0.39, 0.29) is 6.61 Å². The van der Waals surface area contributed by atoms with Crippen molar-refractivity contribution in [1.29, 1.82) is 0 Å². The van der Waals surface area contributed by atoms with Crippen molar-refractivity contribution in [2.45, 2.75) is 13.5 Å². The van der Waals surface area contributed by atoms with E-state index in [0.29, 0.717) is 16.2 Å². The first-order valence-corrected chi connectivity index (χ1v) is 7.60. The van der Waals surface area contributed by atoms with E-state index in [0.717, 1.165) is 21.1 Å². The number of nitrogens with zero attached hydrogens (tertiary/aromatic N) is 3. The molecule has 122 valence electrons. The number of hydrogen-bond donors (Lipinski definition) is 2. The lowest BCUT2D eigenvalue weighted by molar-refractivity contribution is 0.216. The molecule has 8 heteroatoms. The van der Waals surface area contributed by atoms with Gasteiger partial charge in [-0.1, -0.05) is 18.2 Å². The molecule has 0 saturated carbocycles. The second-order valence-corrected chi connectivity index (χ2v) is 5.74. The Bertz CT molecular complexity index is 708. The summed E-state index contributed by atoms with van der Waals surface area (Å²) in [5, 5.41) is 1.92. The van der Waals surface area contributed by atoms with Crippen LogP contribution in [-0.2, 0) is 6.61 Å². The van der Waals surface area contributed by atoms with E-state index in [2.05, 4.69) is 20.9 Å². The Balaban J connectivity index is 2.26. The molecule has 1 aromatic heterocycles. The standard InChI is InChI=1S/C15H18BrN5O2/c1-10-5-3-6-12(21(18)15(22)20(2)17)11(10)9-23-14-8-4-7-13(16)19-14/h3-8H,9,17-18H2,1-2H3. The van der Waals surface area contributed by atoms with Gasteiger partial charge in [0.25, 0.3) is 0 Å². The average Bonchev–Trinajstić information content (AvgIpc) is 2.52. The predicted octanol–water partition coefficient (Wildman–Crippen LogP) is 2.34. The Kier molecular flexibility index (Phi) is 5.54. The number of aryl methyl sites for hydroxylation is 1. The second kappa shape index (κ2) is 7.40. The minimum atomic E-state index is -0.530. The maximum Gasteiger partial charge on any atom is 0.352 e. The Morgan fingerprint density at radius 2 is 1.96 bits per heavy atom. The number of urea groups is 1. The number of carbonyl (C=O) groups excluding carboxylic acids is 1. The molecule has 0 bridgehead atoms. The van der Waals surface area contributed by atoms with Gasteiger partial charge in [0.15, 0.2) is 0 Å². The summed E-state index contributed by atoms with van der Waals surface area (Å²) in [6, 6.07) is 10.3. The van der Waals surface area contributed by atoms with Crippen molar-refractivity contribution in [2.75, 3.05) is 12.1 Å². The SMILES string of the molecule is Cc1cccc(N(N)C(=O)N(C)N)c1COc1cccc(Br)n1. The molecule has 0 aliphatic rings. The van der Waals surface area contributed by atoms with Crippen molar-refractivity contribution in [3.63, 3.8) is 0 Å². The second-order valence-electron chi connectivity index (χ2n) is 4.92. The highest BCUT2D eigenvalue weighted by molar-refractivity contribution is 9.10. The maximum atomic E-state index is 12.0. The summed E-state index contributed by atoms with van der Waals surface area (Å²) in [5.74, 6) is 11.8. The molecule has 2 rings (SSSR count).